The van der Waals surface area contributed by atoms with Gasteiger partial charge in [0, 0.05) is 44.0 Å². The number of benzene rings is 2. The van der Waals surface area contributed by atoms with Gasteiger partial charge in [0.1, 0.15) is 0 Å². The van der Waals surface area contributed by atoms with Gasteiger partial charge >= 0.3 is 0 Å². The maximum absolute atomic E-state index is 13.6. The zero-order valence-corrected chi connectivity index (χ0v) is 25.9. The lowest BCUT2D eigenvalue weighted by Crippen LogP contribution is -2.40. The van der Waals surface area contributed by atoms with Gasteiger partial charge < -0.3 is 14.5 Å². The molecule has 0 N–H and O–H groups in total. The molecule has 8 nitrogen and oxygen atoms in total. The van der Waals surface area contributed by atoms with E-state index in [2.05, 4.69) is 20.8 Å². The van der Waals surface area contributed by atoms with Gasteiger partial charge in [0.25, 0.3) is 11.8 Å². The summed E-state index contributed by atoms with van der Waals surface area (Å²) in [6.45, 7) is 9.99. The second-order valence-corrected chi connectivity index (χ2v) is 15.3. The smallest absolute Gasteiger partial charge is 0.268 e. The average molecular weight is 608 g/mol. The summed E-state index contributed by atoms with van der Waals surface area (Å²) in [4.78, 5) is 31.1. The first-order valence-corrected chi connectivity index (χ1v) is 16.8. The van der Waals surface area contributed by atoms with E-state index in [0.717, 1.165) is 11.3 Å². The standard InChI is InChI=1S/C32H37N3O5S2/c1-32(2,3)23-8-12-25(13-9-23)42(38,39)34-19-26-27(20-34)28(26)21-35(31(37)29-5-4-18-41-29)24-10-6-22(7-11-24)30(36)33-14-16-40-17-15-33/h4-13,18,26-28H,14-17,19-21H2,1-3H3. The number of nitrogens with zero attached hydrogens (tertiary/aromatic N) is 3. The van der Waals surface area contributed by atoms with Crippen LogP contribution in [0.4, 0.5) is 5.69 Å². The lowest BCUT2D eigenvalue weighted by Gasteiger charge is -2.27. The molecule has 0 spiro atoms. The molecule has 42 heavy (non-hydrogen) atoms. The Balaban J connectivity index is 1.15. The van der Waals surface area contributed by atoms with Crippen molar-refractivity contribution in [2.24, 2.45) is 17.8 Å². The van der Waals surface area contributed by atoms with Crippen LogP contribution >= 0.6 is 11.3 Å². The topological polar surface area (TPSA) is 87.2 Å². The van der Waals surface area contributed by atoms with Gasteiger partial charge in [-0.25, -0.2) is 8.42 Å². The third-order valence-corrected chi connectivity index (χ3v) is 11.5. The highest BCUT2D eigenvalue weighted by molar-refractivity contribution is 7.89. The van der Waals surface area contributed by atoms with Crippen LogP contribution in [0.5, 0.6) is 0 Å². The molecule has 2 atom stereocenters. The highest BCUT2D eigenvalue weighted by atomic mass is 32.2. The van der Waals surface area contributed by atoms with Crippen molar-refractivity contribution in [3.05, 3.63) is 82.0 Å². The molecule has 0 bridgehead atoms. The Hall–Kier alpha value is -3.05. The molecule has 10 heteroatoms. The van der Waals surface area contributed by atoms with Crippen molar-refractivity contribution in [3.8, 4) is 0 Å². The normalized spacial score (nSPS) is 22.5. The van der Waals surface area contributed by atoms with Crippen molar-refractivity contribution in [2.45, 2.75) is 31.1 Å². The Kier molecular flexibility index (Phi) is 7.76. The molecule has 3 aliphatic rings. The third kappa shape index (κ3) is 5.65. The fraction of sp³-hybridized carbons (Fsp3) is 0.438. The van der Waals surface area contributed by atoms with E-state index in [1.165, 1.54) is 11.3 Å². The molecule has 1 aromatic heterocycles. The first kappa shape index (κ1) is 29.0. The molecule has 0 radical (unpaired) electrons. The van der Waals surface area contributed by atoms with Crippen LogP contribution in [0.1, 0.15) is 46.4 Å². The number of morpholine rings is 1. The van der Waals surface area contributed by atoms with E-state index in [1.54, 1.807) is 38.4 Å². The zero-order valence-electron chi connectivity index (χ0n) is 24.2. The molecule has 2 aliphatic heterocycles. The molecule has 3 fully saturated rings. The van der Waals surface area contributed by atoms with E-state index in [0.29, 0.717) is 61.3 Å². The molecule has 3 heterocycles. The summed E-state index contributed by atoms with van der Waals surface area (Å²) >= 11 is 1.40. The summed E-state index contributed by atoms with van der Waals surface area (Å²) in [5.41, 5.74) is 2.37. The number of thiophene rings is 1. The number of piperidine rings is 1. The molecule has 3 aromatic rings. The number of hydrogen-bond donors (Lipinski definition) is 0. The van der Waals surface area contributed by atoms with Gasteiger partial charge in [-0.05, 0) is 76.6 Å². The predicted octanol–water partition coefficient (Wildman–Crippen LogP) is 4.73. The van der Waals surface area contributed by atoms with Gasteiger partial charge in [-0.1, -0.05) is 39.0 Å². The van der Waals surface area contributed by atoms with E-state index in [9.17, 15) is 18.0 Å². The Morgan fingerprint density at radius 3 is 2.17 bits per heavy atom. The molecular formula is C32H37N3O5S2. The summed E-state index contributed by atoms with van der Waals surface area (Å²) in [6.07, 6.45) is 0. The minimum Gasteiger partial charge on any atom is -0.378 e. The SMILES string of the molecule is CC(C)(C)c1ccc(S(=O)(=O)N2CC3C(CN(C(=O)c4cccs4)c4ccc(C(=O)N5CCOCC5)cc4)C3C2)cc1. The maximum Gasteiger partial charge on any atom is 0.268 e. The fourth-order valence-electron chi connectivity index (χ4n) is 6.14. The van der Waals surface area contributed by atoms with Crippen LogP contribution in [0.25, 0.3) is 0 Å². The minimum atomic E-state index is -3.57. The second-order valence-electron chi connectivity index (χ2n) is 12.4. The van der Waals surface area contributed by atoms with E-state index in [4.69, 9.17) is 4.74 Å². The molecule has 6 rings (SSSR count). The summed E-state index contributed by atoms with van der Waals surface area (Å²) in [6, 6.07) is 18.2. The van der Waals surface area contributed by atoms with Crippen LogP contribution in [-0.4, -0.2) is 75.4 Å². The van der Waals surface area contributed by atoms with Crippen LogP contribution in [0.3, 0.4) is 0 Å². The van der Waals surface area contributed by atoms with Gasteiger partial charge in [0.2, 0.25) is 10.0 Å². The first-order chi connectivity index (χ1) is 20.0. The molecule has 2 unspecified atom stereocenters. The van der Waals surface area contributed by atoms with Crippen molar-refractivity contribution in [1.29, 1.82) is 0 Å². The van der Waals surface area contributed by atoms with Gasteiger partial charge in [-0.3, -0.25) is 9.59 Å². The number of sulfonamides is 1. The predicted molar refractivity (Wildman–Crippen MR) is 164 cm³/mol. The third-order valence-electron chi connectivity index (χ3n) is 8.79. The fourth-order valence-corrected chi connectivity index (χ4v) is 8.32. The van der Waals surface area contributed by atoms with Crippen LogP contribution < -0.4 is 4.90 Å². The van der Waals surface area contributed by atoms with Crippen molar-refractivity contribution >= 4 is 38.9 Å². The summed E-state index contributed by atoms with van der Waals surface area (Å²) in [5, 5.41) is 1.89. The van der Waals surface area contributed by atoms with Crippen molar-refractivity contribution in [3.63, 3.8) is 0 Å². The number of ether oxygens (including phenoxy) is 1. The van der Waals surface area contributed by atoms with Crippen molar-refractivity contribution in [1.82, 2.24) is 9.21 Å². The number of fused-ring (bicyclic) bond motifs is 1. The summed E-state index contributed by atoms with van der Waals surface area (Å²) in [5.74, 6) is 0.542. The van der Waals surface area contributed by atoms with Gasteiger partial charge in [0.05, 0.1) is 23.0 Å². The summed E-state index contributed by atoms with van der Waals surface area (Å²) in [7, 11) is -3.57. The monoisotopic (exact) mass is 607 g/mol. The number of hydrogen-bond acceptors (Lipinski definition) is 6. The summed E-state index contributed by atoms with van der Waals surface area (Å²) < 4.78 is 33.8. The molecule has 2 aromatic carbocycles. The first-order valence-electron chi connectivity index (χ1n) is 14.5. The van der Waals surface area contributed by atoms with Crippen LogP contribution in [0.2, 0.25) is 0 Å². The highest BCUT2D eigenvalue weighted by Crippen LogP contribution is 2.53. The van der Waals surface area contributed by atoms with E-state index in [-0.39, 0.29) is 35.0 Å². The van der Waals surface area contributed by atoms with Gasteiger partial charge in [-0.2, -0.15) is 4.31 Å². The van der Waals surface area contributed by atoms with E-state index in [1.807, 2.05) is 41.8 Å². The molecular weight excluding hydrogens is 571 g/mol. The molecule has 222 valence electrons. The molecule has 2 saturated heterocycles. The minimum absolute atomic E-state index is 0.0351. The van der Waals surface area contributed by atoms with Crippen molar-refractivity contribution < 1.29 is 22.7 Å². The second kappa shape index (κ2) is 11.2. The Morgan fingerprint density at radius 2 is 1.60 bits per heavy atom. The van der Waals surface area contributed by atoms with Crippen LogP contribution in [-0.2, 0) is 20.2 Å². The lowest BCUT2D eigenvalue weighted by atomic mass is 9.87. The number of carbonyl (C=O) groups excluding carboxylic acids is 2. The number of amides is 2. The van der Waals surface area contributed by atoms with Crippen molar-refractivity contribution in [2.75, 3.05) is 50.8 Å². The molecule has 1 saturated carbocycles. The zero-order chi connectivity index (χ0) is 29.6. The number of anilines is 1. The number of carbonyl (C=O) groups is 2. The lowest BCUT2D eigenvalue weighted by molar-refractivity contribution is 0.0303. The van der Waals surface area contributed by atoms with Crippen LogP contribution in [0, 0.1) is 17.8 Å². The Bertz CT molecular complexity index is 1530. The van der Waals surface area contributed by atoms with Gasteiger partial charge in [0.15, 0.2) is 0 Å². The average Bonchev–Trinajstić information content (AvgIpc) is 3.38. The Morgan fingerprint density at radius 1 is 0.952 bits per heavy atom. The van der Waals surface area contributed by atoms with E-state index < -0.39 is 10.0 Å². The largest absolute Gasteiger partial charge is 0.378 e. The number of rotatable bonds is 7. The highest BCUT2D eigenvalue weighted by Gasteiger charge is 2.58. The quantitative estimate of drug-likeness (QED) is 0.388. The molecule has 2 amide bonds. The Labute approximate surface area is 251 Å². The van der Waals surface area contributed by atoms with E-state index >= 15 is 0 Å². The molecule has 1 aliphatic carbocycles. The van der Waals surface area contributed by atoms with Gasteiger partial charge in [-0.15, -0.1) is 11.3 Å². The maximum atomic E-state index is 13.6. The van der Waals surface area contributed by atoms with Crippen LogP contribution in [0.15, 0.2) is 70.9 Å².